The van der Waals surface area contributed by atoms with Gasteiger partial charge in [-0.1, -0.05) is 42.5 Å². The van der Waals surface area contributed by atoms with Crippen molar-refractivity contribution in [3.05, 3.63) is 65.7 Å². The van der Waals surface area contributed by atoms with Crippen LogP contribution in [-0.2, 0) is 0 Å². The van der Waals surface area contributed by atoms with Crippen molar-refractivity contribution in [3.63, 3.8) is 0 Å². The van der Waals surface area contributed by atoms with Gasteiger partial charge in [-0.05, 0) is 17.7 Å². The number of nitrogens with zero attached hydrogens (tertiary/aromatic N) is 1. The lowest BCUT2D eigenvalue weighted by Gasteiger charge is -2.03. The van der Waals surface area contributed by atoms with Crippen LogP contribution in [0.2, 0.25) is 0 Å². The van der Waals surface area contributed by atoms with Crippen LogP contribution in [0.3, 0.4) is 0 Å². The van der Waals surface area contributed by atoms with Crippen molar-refractivity contribution in [2.45, 2.75) is 0 Å². The normalized spacial score (nSPS) is 10.4. The van der Waals surface area contributed by atoms with Crippen molar-refractivity contribution in [1.29, 1.82) is 0 Å². The van der Waals surface area contributed by atoms with Crippen molar-refractivity contribution in [3.8, 4) is 0 Å². The molecule has 0 saturated carbocycles. The average Bonchev–Trinajstić information content (AvgIpc) is 2.40. The summed E-state index contributed by atoms with van der Waals surface area (Å²) in [4.78, 5) is 11.0. The van der Waals surface area contributed by atoms with E-state index in [4.69, 9.17) is 5.11 Å². The highest BCUT2D eigenvalue weighted by Gasteiger charge is 2.07. The first-order valence-electron chi connectivity index (χ1n) is 5.44. The molecule has 0 aromatic heterocycles. The summed E-state index contributed by atoms with van der Waals surface area (Å²) in [6.07, 6.45) is 1.64. The zero-order valence-electron chi connectivity index (χ0n) is 9.58. The van der Waals surface area contributed by atoms with Gasteiger partial charge < -0.3 is 5.11 Å². The van der Waals surface area contributed by atoms with E-state index in [1.807, 2.05) is 30.3 Å². The first kappa shape index (κ1) is 11.9. The monoisotopic (exact) mass is 240 g/mol. The van der Waals surface area contributed by atoms with E-state index in [9.17, 15) is 4.79 Å². The highest BCUT2D eigenvalue weighted by Crippen LogP contribution is 2.14. The van der Waals surface area contributed by atoms with Crippen LogP contribution >= 0.6 is 0 Å². The smallest absolute Gasteiger partial charge is 0.337 e. The average molecular weight is 240 g/mol. The van der Waals surface area contributed by atoms with Crippen molar-refractivity contribution in [2.24, 2.45) is 5.10 Å². The van der Waals surface area contributed by atoms with Gasteiger partial charge in [0.1, 0.15) is 0 Å². The predicted octanol–water partition coefficient (Wildman–Crippen LogP) is 2.83. The quantitative estimate of drug-likeness (QED) is 0.638. The summed E-state index contributed by atoms with van der Waals surface area (Å²) >= 11 is 0. The number of para-hydroxylation sites is 1. The molecule has 0 radical (unpaired) electrons. The number of aromatic carboxylic acids is 1. The number of carboxylic acid groups (broad SMARTS) is 1. The second-order valence-electron chi connectivity index (χ2n) is 3.63. The third-order valence-corrected chi connectivity index (χ3v) is 2.36. The summed E-state index contributed by atoms with van der Waals surface area (Å²) < 4.78 is 0. The molecule has 0 aliphatic carbocycles. The number of rotatable bonds is 4. The van der Waals surface area contributed by atoms with Gasteiger partial charge in [0.05, 0.1) is 17.5 Å². The molecule has 4 heteroatoms. The summed E-state index contributed by atoms with van der Waals surface area (Å²) in [5.74, 6) is -0.979. The Morgan fingerprint density at radius 1 is 1.06 bits per heavy atom. The molecule has 0 amide bonds. The standard InChI is InChI=1S/C14H12N2O2/c17-14(18)12-8-4-5-9-13(12)16-15-10-11-6-2-1-3-7-11/h1-10,16H,(H,17,18)/b15-10+. The number of anilines is 1. The SMILES string of the molecule is O=C(O)c1ccccc1N/N=C/c1ccccc1. The largest absolute Gasteiger partial charge is 0.478 e. The Hall–Kier alpha value is -2.62. The topological polar surface area (TPSA) is 61.7 Å². The molecule has 2 N–H and O–H groups in total. The van der Waals surface area contributed by atoms with Crippen LogP contribution in [-0.4, -0.2) is 17.3 Å². The molecular formula is C14H12N2O2. The molecule has 4 nitrogen and oxygen atoms in total. The zero-order valence-corrected chi connectivity index (χ0v) is 9.58. The molecule has 0 aliphatic rings. The molecular weight excluding hydrogens is 228 g/mol. The van der Waals surface area contributed by atoms with Crippen molar-refractivity contribution >= 4 is 17.9 Å². The highest BCUT2D eigenvalue weighted by atomic mass is 16.4. The molecule has 0 aliphatic heterocycles. The van der Waals surface area contributed by atoms with E-state index in [-0.39, 0.29) is 5.56 Å². The maximum Gasteiger partial charge on any atom is 0.337 e. The lowest BCUT2D eigenvalue weighted by atomic mass is 10.2. The molecule has 2 aromatic carbocycles. The van der Waals surface area contributed by atoms with Gasteiger partial charge in [0.25, 0.3) is 0 Å². The number of benzene rings is 2. The van der Waals surface area contributed by atoms with Crippen LogP contribution in [0.4, 0.5) is 5.69 Å². The summed E-state index contributed by atoms with van der Waals surface area (Å²) in [6, 6.07) is 16.2. The summed E-state index contributed by atoms with van der Waals surface area (Å²) in [5, 5.41) is 13.0. The lowest BCUT2D eigenvalue weighted by Crippen LogP contribution is -2.02. The van der Waals surface area contributed by atoms with Crippen molar-refractivity contribution < 1.29 is 9.90 Å². The third kappa shape index (κ3) is 2.95. The van der Waals surface area contributed by atoms with E-state index in [1.54, 1.807) is 24.4 Å². The molecule has 90 valence electrons. The summed E-state index contributed by atoms with van der Waals surface area (Å²) in [6.45, 7) is 0. The summed E-state index contributed by atoms with van der Waals surface area (Å²) in [5.41, 5.74) is 4.34. The fourth-order valence-corrected chi connectivity index (χ4v) is 1.48. The van der Waals surface area contributed by atoms with E-state index >= 15 is 0 Å². The molecule has 18 heavy (non-hydrogen) atoms. The van der Waals surface area contributed by atoms with Crippen molar-refractivity contribution in [1.82, 2.24) is 0 Å². The number of hydrazone groups is 1. The Kier molecular flexibility index (Phi) is 3.71. The number of hydrogen-bond donors (Lipinski definition) is 2. The van der Waals surface area contributed by atoms with Crippen LogP contribution in [0.5, 0.6) is 0 Å². The Balaban J connectivity index is 2.11. The van der Waals surface area contributed by atoms with Gasteiger partial charge in [-0.25, -0.2) is 4.79 Å². The number of nitrogens with one attached hydrogen (secondary N) is 1. The molecule has 0 atom stereocenters. The van der Waals surface area contributed by atoms with Crippen LogP contribution in [0.25, 0.3) is 0 Å². The molecule has 0 fully saturated rings. The van der Waals surface area contributed by atoms with Gasteiger partial charge in [-0.3, -0.25) is 5.43 Å². The molecule has 2 rings (SSSR count). The van der Waals surface area contributed by atoms with Gasteiger partial charge in [0.2, 0.25) is 0 Å². The number of hydrogen-bond acceptors (Lipinski definition) is 3. The first-order chi connectivity index (χ1) is 8.77. The zero-order chi connectivity index (χ0) is 12.8. The Labute approximate surface area is 105 Å². The van der Waals surface area contributed by atoms with Crippen molar-refractivity contribution in [2.75, 3.05) is 5.43 Å². The first-order valence-corrected chi connectivity index (χ1v) is 5.44. The molecule has 0 unspecified atom stereocenters. The van der Waals surface area contributed by atoms with Crippen LogP contribution < -0.4 is 5.43 Å². The minimum absolute atomic E-state index is 0.197. The fraction of sp³-hybridized carbons (Fsp3) is 0. The Bertz CT molecular complexity index is 565. The van der Waals surface area contributed by atoms with Gasteiger partial charge in [-0.15, -0.1) is 0 Å². The molecule has 2 aromatic rings. The Morgan fingerprint density at radius 2 is 1.72 bits per heavy atom. The lowest BCUT2D eigenvalue weighted by molar-refractivity contribution is 0.0698. The van der Waals surface area contributed by atoms with E-state index in [0.717, 1.165) is 5.56 Å². The van der Waals surface area contributed by atoms with Crippen LogP contribution in [0.1, 0.15) is 15.9 Å². The van der Waals surface area contributed by atoms with Crippen LogP contribution in [0, 0.1) is 0 Å². The van der Waals surface area contributed by atoms with E-state index < -0.39 is 5.97 Å². The molecule has 0 heterocycles. The van der Waals surface area contributed by atoms with Gasteiger partial charge >= 0.3 is 5.97 Å². The van der Waals surface area contributed by atoms with Gasteiger partial charge in [-0.2, -0.15) is 5.10 Å². The highest BCUT2D eigenvalue weighted by molar-refractivity contribution is 5.94. The van der Waals surface area contributed by atoms with E-state index in [1.165, 1.54) is 6.07 Å². The second kappa shape index (κ2) is 5.63. The maximum atomic E-state index is 11.0. The second-order valence-corrected chi connectivity index (χ2v) is 3.63. The van der Waals surface area contributed by atoms with Crippen LogP contribution in [0.15, 0.2) is 59.7 Å². The number of carboxylic acids is 1. The minimum atomic E-state index is -0.979. The number of carbonyl (C=O) groups is 1. The minimum Gasteiger partial charge on any atom is -0.478 e. The van der Waals surface area contributed by atoms with Gasteiger partial charge in [0.15, 0.2) is 0 Å². The predicted molar refractivity (Wildman–Crippen MR) is 71.1 cm³/mol. The molecule has 0 spiro atoms. The Morgan fingerprint density at radius 3 is 2.44 bits per heavy atom. The maximum absolute atomic E-state index is 11.0. The molecule has 0 bridgehead atoms. The molecule has 0 saturated heterocycles. The van der Waals surface area contributed by atoms with E-state index in [0.29, 0.717) is 5.69 Å². The van der Waals surface area contributed by atoms with E-state index in [2.05, 4.69) is 10.5 Å². The fourth-order valence-electron chi connectivity index (χ4n) is 1.48. The van der Waals surface area contributed by atoms with Gasteiger partial charge in [0, 0.05) is 0 Å². The summed E-state index contributed by atoms with van der Waals surface area (Å²) in [7, 11) is 0. The third-order valence-electron chi connectivity index (χ3n) is 2.36.